The minimum atomic E-state index is -0.455. The smallest absolute Gasteiger partial charge is 0.239 e. The number of halogens is 1. The lowest BCUT2D eigenvalue weighted by molar-refractivity contribution is -0.132. The quantitative estimate of drug-likeness (QED) is 0.684. The van der Waals surface area contributed by atoms with Gasteiger partial charge in [0, 0.05) is 31.8 Å². The molecule has 0 radical (unpaired) electrons. The molecule has 24 heavy (non-hydrogen) atoms. The number of amides is 1. The minimum Gasteiger partial charge on any atom is -0.496 e. The highest BCUT2D eigenvalue weighted by atomic mass is 35.5. The zero-order valence-corrected chi connectivity index (χ0v) is 15.9. The maximum Gasteiger partial charge on any atom is 0.239 e. The van der Waals surface area contributed by atoms with Crippen molar-refractivity contribution >= 4 is 18.3 Å². The second kappa shape index (κ2) is 11.0. The Morgan fingerprint density at radius 3 is 2.08 bits per heavy atom. The highest BCUT2D eigenvalue weighted by Crippen LogP contribution is 2.27. The molecule has 0 saturated heterocycles. The van der Waals surface area contributed by atoms with E-state index in [9.17, 15) is 4.79 Å². The van der Waals surface area contributed by atoms with E-state index in [1.54, 1.807) is 44.4 Å². The summed E-state index contributed by atoms with van der Waals surface area (Å²) in [6, 6.07) is 4.92. The van der Waals surface area contributed by atoms with Crippen LogP contribution in [0.5, 0.6) is 17.2 Å². The largest absolute Gasteiger partial charge is 0.496 e. The number of ether oxygens (including phenoxy) is 3. The molecule has 0 bridgehead atoms. The van der Waals surface area contributed by atoms with Gasteiger partial charge in [-0.05, 0) is 12.3 Å². The molecule has 0 saturated carbocycles. The van der Waals surface area contributed by atoms with Crippen LogP contribution < -0.4 is 19.9 Å². The molecular formula is C17H29ClN2O4. The Balaban J connectivity index is 0.00000529. The van der Waals surface area contributed by atoms with E-state index in [0.717, 1.165) is 0 Å². The summed E-state index contributed by atoms with van der Waals surface area (Å²) in [6.07, 6.45) is 0.715. The third-order valence-electron chi connectivity index (χ3n) is 3.61. The molecule has 1 amide bonds. The summed E-state index contributed by atoms with van der Waals surface area (Å²) >= 11 is 0. The van der Waals surface area contributed by atoms with Crippen LogP contribution in [0.1, 0.15) is 20.3 Å². The molecule has 0 fully saturated rings. The maximum absolute atomic E-state index is 12.0. The van der Waals surface area contributed by atoms with Crippen molar-refractivity contribution in [2.45, 2.75) is 26.3 Å². The standard InChI is InChI=1S/C17H28N2O4.ClH/c1-12(2)16(18)17(20)19(3)7-6-8-23-15-10-13(21-4)9-14(11-15)22-5;/h9-12,16H,6-8,18H2,1-5H3;1H/t16-;/m0./s1. The van der Waals surface area contributed by atoms with Gasteiger partial charge in [0.25, 0.3) is 0 Å². The van der Waals surface area contributed by atoms with E-state index < -0.39 is 6.04 Å². The van der Waals surface area contributed by atoms with Crippen molar-refractivity contribution in [1.82, 2.24) is 4.90 Å². The van der Waals surface area contributed by atoms with Gasteiger partial charge in [-0.25, -0.2) is 0 Å². The van der Waals surface area contributed by atoms with Gasteiger partial charge >= 0.3 is 0 Å². The topological polar surface area (TPSA) is 74.0 Å². The Morgan fingerprint density at radius 2 is 1.62 bits per heavy atom. The Bertz CT molecular complexity index is 489. The third kappa shape index (κ3) is 6.84. The predicted octanol–water partition coefficient (Wildman–Crippen LogP) is 2.34. The molecular weight excluding hydrogens is 332 g/mol. The molecule has 0 aliphatic rings. The number of benzene rings is 1. The van der Waals surface area contributed by atoms with Gasteiger partial charge in [-0.2, -0.15) is 0 Å². The van der Waals surface area contributed by atoms with E-state index in [4.69, 9.17) is 19.9 Å². The highest BCUT2D eigenvalue weighted by molar-refractivity contribution is 5.85. The first-order valence-corrected chi connectivity index (χ1v) is 7.75. The zero-order chi connectivity index (χ0) is 17.4. The molecule has 1 atom stereocenters. The van der Waals surface area contributed by atoms with E-state index in [-0.39, 0.29) is 24.2 Å². The van der Waals surface area contributed by atoms with Gasteiger partial charge in [-0.15, -0.1) is 12.4 Å². The highest BCUT2D eigenvalue weighted by Gasteiger charge is 2.20. The molecule has 6 nitrogen and oxygen atoms in total. The van der Waals surface area contributed by atoms with Crippen molar-refractivity contribution in [1.29, 1.82) is 0 Å². The average molecular weight is 361 g/mol. The van der Waals surface area contributed by atoms with Gasteiger partial charge in [0.05, 0.1) is 26.9 Å². The Kier molecular flexibility index (Phi) is 10.2. The second-order valence-electron chi connectivity index (χ2n) is 5.78. The monoisotopic (exact) mass is 360 g/mol. The van der Waals surface area contributed by atoms with Gasteiger partial charge in [0.2, 0.25) is 5.91 Å². The van der Waals surface area contributed by atoms with Crippen molar-refractivity contribution in [3.63, 3.8) is 0 Å². The molecule has 0 aliphatic carbocycles. The van der Waals surface area contributed by atoms with Crippen LogP contribution in [0.4, 0.5) is 0 Å². The van der Waals surface area contributed by atoms with Crippen molar-refractivity contribution in [2.24, 2.45) is 11.7 Å². The fourth-order valence-corrected chi connectivity index (χ4v) is 2.01. The molecule has 0 spiro atoms. The molecule has 0 aliphatic heterocycles. The van der Waals surface area contributed by atoms with E-state index in [1.165, 1.54) is 0 Å². The number of hydrogen-bond acceptors (Lipinski definition) is 5. The lowest BCUT2D eigenvalue weighted by Gasteiger charge is -2.23. The summed E-state index contributed by atoms with van der Waals surface area (Å²) < 4.78 is 16.1. The van der Waals surface area contributed by atoms with Crippen molar-refractivity contribution in [3.8, 4) is 17.2 Å². The number of nitrogens with zero attached hydrogens (tertiary/aromatic N) is 1. The predicted molar refractivity (Wildman–Crippen MR) is 97.4 cm³/mol. The van der Waals surface area contributed by atoms with E-state index in [0.29, 0.717) is 36.8 Å². The number of nitrogens with two attached hydrogens (primary N) is 1. The normalized spacial score (nSPS) is 11.5. The molecule has 138 valence electrons. The van der Waals surface area contributed by atoms with E-state index >= 15 is 0 Å². The van der Waals surface area contributed by atoms with Gasteiger partial charge in [-0.3, -0.25) is 4.79 Å². The summed E-state index contributed by atoms with van der Waals surface area (Å²) in [4.78, 5) is 13.7. The van der Waals surface area contributed by atoms with Crippen molar-refractivity contribution in [3.05, 3.63) is 18.2 Å². The van der Waals surface area contributed by atoms with Gasteiger partial charge in [0.15, 0.2) is 0 Å². The first kappa shape index (κ1) is 22.3. The van der Waals surface area contributed by atoms with Crippen LogP contribution in [0, 0.1) is 5.92 Å². The number of methoxy groups -OCH3 is 2. The molecule has 1 rings (SSSR count). The molecule has 1 aromatic carbocycles. The maximum atomic E-state index is 12.0. The van der Waals surface area contributed by atoms with Crippen LogP contribution in [0.15, 0.2) is 18.2 Å². The molecule has 1 aromatic rings. The molecule has 2 N–H and O–H groups in total. The Labute approximate surface area is 150 Å². The SMILES string of the molecule is COc1cc(OC)cc(OCCCN(C)C(=O)[C@@H](N)C(C)C)c1.Cl. The van der Waals surface area contributed by atoms with Crippen LogP contribution in [-0.4, -0.2) is 51.3 Å². The molecule has 0 unspecified atom stereocenters. The number of carbonyl (C=O) groups is 1. The van der Waals surface area contributed by atoms with Gasteiger partial charge in [0.1, 0.15) is 17.2 Å². The third-order valence-corrected chi connectivity index (χ3v) is 3.61. The van der Waals surface area contributed by atoms with Crippen LogP contribution in [0.2, 0.25) is 0 Å². The number of likely N-dealkylation sites (N-methyl/N-ethyl adjacent to an activating group) is 1. The van der Waals surface area contributed by atoms with E-state index in [2.05, 4.69) is 0 Å². The summed E-state index contributed by atoms with van der Waals surface area (Å²) in [5.41, 5.74) is 5.87. The lowest BCUT2D eigenvalue weighted by Crippen LogP contribution is -2.45. The fourth-order valence-electron chi connectivity index (χ4n) is 2.01. The van der Waals surface area contributed by atoms with Crippen LogP contribution in [0.25, 0.3) is 0 Å². The van der Waals surface area contributed by atoms with Crippen molar-refractivity contribution in [2.75, 3.05) is 34.4 Å². The van der Waals surface area contributed by atoms with Gasteiger partial charge < -0.3 is 24.8 Å². The van der Waals surface area contributed by atoms with Crippen LogP contribution in [-0.2, 0) is 4.79 Å². The van der Waals surface area contributed by atoms with Crippen molar-refractivity contribution < 1.29 is 19.0 Å². The average Bonchev–Trinajstić information content (AvgIpc) is 2.56. The summed E-state index contributed by atoms with van der Waals surface area (Å²) in [5.74, 6) is 2.12. The van der Waals surface area contributed by atoms with Gasteiger partial charge in [-0.1, -0.05) is 13.8 Å². The number of hydrogen-bond donors (Lipinski definition) is 1. The summed E-state index contributed by atoms with van der Waals surface area (Å²) in [7, 11) is 4.95. The molecule has 7 heteroatoms. The fraction of sp³-hybridized carbons (Fsp3) is 0.588. The Morgan fingerprint density at radius 1 is 1.12 bits per heavy atom. The summed E-state index contributed by atoms with van der Waals surface area (Å²) in [6.45, 7) is 4.97. The summed E-state index contributed by atoms with van der Waals surface area (Å²) in [5, 5.41) is 0. The zero-order valence-electron chi connectivity index (χ0n) is 15.1. The number of carbonyl (C=O) groups excluding carboxylic acids is 1. The Hall–Kier alpha value is -1.66. The lowest BCUT2D eigenvalue weighted by atomic mass is 10.0. The van der Waals surface area contributed by atoms with Crippen LogP contribution >= 0.6 is 12.4 Å². The molecule has 0 heterocycles. The minimum absolute atomic E-state index is 0. The van der Waals surface area contributed by atoms with Crippen LogP contribution in [0.3, 0.4) is 0 Å². The van der Waals surface area contributed by atoms with E-state index in [1.807, 2.05) is 13.8 Å². The number of rotatable bonds is 9. The molecule has 0 aromatic heterocycles. The first-order valence-electron chi connectivity index (χ1n) is 7.75. The second-order valence-corrected chi connectivity index (χ2v) is 5.78. The first-order chi connectivity index (χ1) is 10.9.